The van der Waals surface area contributed by atoms with Crippen molar-refractivity contribution >= 4 is 0 Å². The van der Waals surface area contributed by atoms with E-state index >= 15 is 0 Å². The lowest BCUT2D eigenvalue weighted by Gasteiger charge is -2.49. The molecule has 0 radical (unpaired) electrons. The zero-order valence-corrected chi connectivity index (χ0v) is 8.73. The fraction of sp³-hybridized carbons (Fsp3) is 1.00. The number of hydrogen-bond donors (Lipinski definition) is 1. The van der Waals surface area contributed by atoms with E-state index < -0.39 is 5.97 Å². The van der Waals surface area contributed by atoms with Crippen molar-refractivity contribution in [1.29, 1.82) is 0 Å². The van der Waals surface area contributed by atoms with Gasteiger partial charge in [-0.25, -0.2) is 0 Å². The minimum atomic E-state index is -0.975. The van der Waals surface area contributed by atoms with Crippen molar-refractivity contribution in [2.24, 2.45) is 17.8 Å². The van der Waals surface area contributed by atoms with Gasteiger partial charge in [0.1, 0.15) is 0 Å². The lowest BCUT2D eigenvalue weighted by molar-refractivity contribution is -0.473. The molecule has 0 aliphatic carbocycles. The van der Waals surface area contributed by atoms with Gasteiger partial charge in [0, 0.05) is 5.92 Å². The van der Waals surface area contributed by atoms with Crippen LogP contribution in [0.5, 0.6) is 0 Å². The van der Waals surface area contributed by atoms with Crippen LogP contribution >= 0.6 is 0 Å². The van der Waals surface area contributed by atoms with Crippen LogP contribution in [-0.2, 0) is 14.2 Å². The van der Waals surface area contributed by atoms with Gasteiger partial charge in [0.15, 0.2) is 0 Å². The average molecular weight is 202 g/mol. The zero-order valence-electron chi connectivity index (χ0n) is 8.73. The Kier molecular flexibility index (Phi) is 2.79. The Morgan fingerprint density at radius 2 is 1.71 bits per heavy atom. The fourth-order valence-corrected chi connectivity index (χ4v) is 2.02. The predicted molar refractivity (Wildman–Crippen MR) is 49.5 cm³/mol. The zero-order chi connectivity index (χ0) is 10.2. The predicted octanol–water partition coefficient (Wildman–Crippen LogP) is 0.598. The minimum Gasteiger partial charge on any atom is -0.396 e. The highest BCUT2D eigenvalue weighted by Crippen LogP contribution is 2.38. The number of ether oxygens (including phenoxy) is 3. The van der Waals surface area contributed by atoms with Crippen molar-refractivity contribution in [1.82, 2.24) is 0 Å². The topological polar surface area (TPSA) is 47.9 Å². The molecule has 0 amide bonds. The van der Waals surface area contributed by atoms with Gasteiger partial charge in [-0.15, -0.1) is 0 Å². The number of aliphatic hydroxyl groups is 1. The van der Waals surface area contributed by atoms with Crippen LogP contribution in [0.1, 0.15) is 13.8 Å². The first kappa shape index (κ1) is 10.4. The van der Waals surface area contributed by atoms with Gasteiger partial charge in [-0.3, -0.25) is 0 Å². The first-order chi connectivity index (χ1) is 6.68. The Balaban J connectivity index is 2.12. The van der Waals surface area contributed by atoms with Gasteiger partial charge in [-0.05, 0) is 5.92 Å². The maximum Gasteiger partial charge on any atom is 0.288 e. The summed E-state index contributed by atoms with van der Waals surface area (Å²) in [6.07, 6.45) is 0. The van der Waals surface area contributed by atoms with E-state index in [4.69, 9.17) is 14.2 Å². The molecule has 4 heteroatoms. The van der Waals surface area contributed by atoms with Crippen LogP contribution in [0.25, 0.3) is 0 Å². The van der Waals surface area contributed by atoms with Crippen LogP contribution in [0.15, 0.2) is 0 Å². The summed E-state index contributed by atoms with van der Waals surface area (Å²) in [5.41, 5.74) is 0. The third kappa shape index (κ3) is 1.56. The number of hydrogen-bond acceptors (Lipinski definition) is 4. The van der Waals surface area contributed by atoms with E-state index in [9.17, 15) is 5.11 Å². The fourth-order valence-electron chi connectivity index (χ4n) is 2.02. The molecule has 0 aromatic rings. The average Bonchev–Trinajstić information content (AvgIpc) is 2.20. The first-order valence-electron chi connectivity index (χ1n) is 5.20. The summed E-state index contributed by atoms with van der Waals surface area (Å²) in [6, 6.07) is 0. The number of aliphatic hydroxyl groups excluding tert-OH is 1. The van der Waals surface area contributed by atoms with Crippen molar-refractivity contribution in [2.45, 2.75) is 19.8 Å². The van der Waals surface area contributed by atoms with E-state index in [2.05, 4.69) is 0 Å². The van der Waals surface area contributed by atoms with Crippen molar-refractivity contribution in [3.8, 4) is 0 Å². The monoisotopic (exact) mass is 202 g/mol. The second-order valence-electron chi connectivity index (χ2n) is 4.44. The molecule has 3 heterocycles. The molecule has 1 atom stereocenters. The first-order valence-corrected chi connectivity index (χ1v) is 5.20. The van der Waals surface area contributed by atoms with E-state index in [-0.39, 0.29) is 18.4 Å². The van der Waals surface area contributed by atoms with Gasteiger partial charge in [-0.2, -0.15) is 0 Å². The second kappa shape index (κ2) is 3.77. The van der Waals surface area contributed by atoms with Crippen LogP contribution < -0.4 is 0 Å². The maximum atomic E-state index is 9.32. The molecular weight excluding hydrogens is 184 g/mol. The molecule has 0 spiro atoms. The van der Waals surface area contributed by atoms with Crippen LogP contribution in [0.3, 0.4) is 0 Å². The SMILES string of the molecule is CC(C)C(CO)C12OCC(CO1)CO2. The van der Waals surface area contributed by atoms with Crippen LogP contribution in [0.4, 0.5) is 0 Å². The molecular formula is C10H18O4. The number of fused-ring (bicyclic) bond motifs is 3. The van der Waals surface area contributed by atoms with Gasteiger partial charge < -0.3 is 19.3 Å². The summed E-state index contributed by atoms with van der Waals surface area (Å²) in [7, 11) is 0. The Labute approximate surface area is 84.1 Å². The van der Waals surface area contributed by atoms with Crippen LogP contribution in [-0.4, -0.2) is 37.5 Å². The Hall–Kier alpha value is -0.160. The molecule has 3 aliphatic heterocycles. The van der Waals surface area contributed by atoms with Crippen LogP contribution in [0, 0.1) is 17.8 Å². The molecule has 82 valence electrons. The Bertz CT molecular complexity index is 183. The quantitative estimate of drug-likeness (QED) is 0.728. The van der Waals surface area contributed by atoms with Gasteiger partial charge >= 0.3 is 0 Å². The van der Waals surface area contributed by atoms with Crippen molar-refractivity contribution in [3.63, 3.8) is 0 Å². The van der Waals surface area contributed by atoms with Crippen molar-refractivity contribution < 1.29 is 19.3 Å². The molecule has 0 saturated carbocycles. The third-order valence-corrected chi connectivity index (χ3v) is 3.02. The standard InChI is InChI=1S/C10H18O4/c1-7(2)9(3-11)10-12-4-8(5-13-10)6-14-10/h7-9,11H,3-6H2,1-2H3. The largest absolute Gasteiger partial charge is 0.396 e. The van der Waals surface area contributed by atoms with E-state index in [1.165, 1.54) is 0 Å². The van der Waals surface area contributed by atoms with E-state index in [1.807, 2.05) is 13.8 Å². The molecule has 2 bridgehead atoms. The second-order valence-corrected chi connectivity index (χ2v) is 4.44. The highest BCUT2D eigenvalue weighted by molar-refractivity contribution is 4.82. The Morgan fingerprint density at radius 1 is 1.21 bits per heavy atom. The molecule has 3 aliphatic rings. The van der Waals surface area contributed by atoms with Crippen LogP contribution in [0.2, 0.25) is 0 Å². The van der Waals surface area contributed by atoms with Gasteiger partial charge in [-0.1, -0.05) is 13.8 Å². The molecule has 0 aromatic carbocycles. The Morgan fingerprint density at radius 3 is 2.07 bits per heavy atom. The molecule has 1 unspecified atom stereocenters. The highest BCUT2D eigenvalue weighted by atomic mass is 16.9. The lowest BCUT2D eigenvalue weighted by Crippen LogP contribution is -2.59. The molecule has 3 fully saturated rings. The summed E-state index contributed by atoms with van der Waals surface area (Å²) < 4.78 is 16.7. The molecule has 3 saturated heterocycles. The van der Waals surface area contributed by atoms with Crippen molar-refractivity contribution in [3.05, 3.63) is 0 Å². The third-order valence-electron chi connectivity index (χ3n) is 3.02. The van der Waals surface area contributed by atoms with Gasteiger partial charge in [0.2, 0.25) is 0 Å². The molecule has 0 aromatic heterocycles. The minimum absolute atomic E-state index is 0.0301. The lowest BCUT2D eigenvalue weighted by atomic mass is 9.92. The molecule has 4 nitrogen and oxygen atoms in total. The molecule has 14 heavy (non-hydrogen) atoms. The van der Waals surface area contributed by atoms with E-state index in [0.717, 1.165) is 0 Å². The summed E-state index contributed by atoms with van der Waals surface area (Å²) in [6.45, 7) is 6.15. The van der Waals surface area contributed by atoms with Gasteiger partial charge in [0.05, 0.1) is 32.3 Å². The van der Waals surface area contributed by atoms with Crippen molar-refractivity contribution in [2.75, 3.05) is 26.4 Å². The molecule has 3 rings (SSSR count). The van der Waals surface area contributed by atoms with E-state index in [0.29, 0.717) is 25.7 Å². The smallest absolute Gasteiger partial charge is 0.288 e. The van der Waals surface area contributed by atoms with E-state index in [1.54, 1.807) is 0 Å². The summed E-state index contributed by atoms with van der Waals surface area (Å²) in [5.74, 6) is -0.445. The molecule has 1 N–H and O–H groups in total. The van der Waals surface area contributed by atoms with Gasteiger partial charge in [0.25, 0.3) is 5.97 Å². The summed E-state index contributed by atoms with van der Waals surface area (Å²) in [5, 5.41) is 9.32. The maximum absolute atomic E-state index is 9.32. The summed E-state index contributed by atoms with van der Waals surface area (Å²) >= 11 is 0. The summed E-state index contributed by atoms with van der Waals surface area (Å²) in [4.78, 5) is 0. The normalized spacial score (nSPS) is 39.0. The highest BCUT2D eigenvalue weighted by Gasteiger charge is 2.51. The number of rotatable bonds is 3.